The van der Waals surface area contributed by atoms with Crippen molar-refractivity contribution in [1.29, 1.82) is 0 Å². The third-order valence-corrected chi connectivity index (χ3v) is 6.69. The van der Waals surface area contributed by atoms with Gasteiger partial charge in [-0.2, -0.15) is 0 Å². The Balaban J connectivity index is 1.98. The Labute approximate surface area is 171 Å². The second-order valence-corrected chi connectivity index (χ2v) is 9.72. The molecule has 1 saturated carbocycles. The Kier molecular flexibility index (Phi) is 4.50. The predicted molar refractivity (Wildman–Crippen MR) is 120 cm³/mol. The standard InChI is InChI=1S/C27H34N/c1-18-15-23(27(3,4)5)17-25(19(18)2)26-24-12-11-21(20-9-7-8-10-20)16-22(24)13-14-28(26)6/h11-17,20H,7-10H2,1-6H3/q+1/i14D. The number of benzene rings is 2. The first-order valence-electron chi connectivity index (χ1n) is 11.2. The topological polar surface area (TPSA) is 3.88 Å². The van der Waals surface area contributed by atoms with Crippen LogP contribution < -0.4 is 4.57 Å². The number of rotatable bonds is 2. The molecule has 0 radical (unpaired) electrons. The lowest BCUT2D eigenvalue weighted by Gasteiger charge is -2.22. The van der Waals surface area contributed by atoms with Gasteiger partial charge in [0.25, 0.3) is 0 Å². The highest BCUT2D eigenvalue weighted by atomic mass is 14.9. The van der Waals surface area contributed by atoms with E-state index in [1.54, 1.807) is 0 Å². The van der Waals surface area contributed by atoms with Gasteiger partial charge in [-0.1, -0.05) is 51.8 Å². The van der Waals surface area contributed by atoms with Crippen molar-refractivity contribution in [2.45, 2.75) is 71.6 Å². The second-order valence-electron chi connectivity index (χ2n) is 9.72. The lowest BCUT2D eigenvalue weighted by Crippen LogP contribution is -2.31. The molecule has 1 heteroatoms. The molecule has 1 aromatic heterocycles. The van der Waals surface area contributed by atoms with E-state index in [-0.39, 0.29) is 5.41 Å². The summed E-state index contributed by atoms with van der Waals surface area (Å²) >= 11 is 0. The summed E-state index contributed by atoms with van der Waals surface area (Å²) in [4.78, 5) is 0. The lowest BCUT2D eigenvalue weighted by atomic mass is 9.82. The number of hydrogen-bond acceptors (Lipinski definition) is 0. The summed E-state index contributed by atoms with van der Waals surface area (Å²) in [6, 6.07) is 13.7. The van der Waals surface area contributed by atoms with Crippen molar-refractivity contribution >= 4 is 10.8 Å². The van der Waals surface area contributed by atoms with Crippen LogP contribution in [0, 0.1) is 13.8 Å². The van der Waals surface area contributed by atoms with Crippen LogP contribution in [0.15, 0.2) is 42.6 Å². The Hall–Kier alpha value is -2.15. The van der Waals surface area contributed by atoms with Crippen molar-refractivity contribution in [2.24, 2.45) is 7.05 Å². The number of pyridine rings is 1. The molecule has 0 amide bonds. The summed E-state index contributed by atoms with van der Waals surface area (Å²) in [5, 5.41) is 2.45. The zero-order valence-corrected chi connectivity index (χ0v) is 18.3. The molecule has 1 aliphatic rings. The van der Waals surface area contributed by atoms with Gasteiger partial charge in [0.15, 0.2) is 6.17 Å². The molecule has 4 rings (SSSR count). The molecule has 2 aromatic carbocycles. The predicted octanol–water partition coefficient (Wildman–Crippen LogP) is 6.90. The van der Waals surface area contributed by atoms with E-state index in [0.29, 0.717) is 12.1 Å². The summed E-state index contributed by atoms with van der Waals surface area (Å²) in [6.45, 7) is 11.2. The van der Waals surface area contributed by atoms with Crippen LogP contribution in [0.1, 0.15) is 76.0 Å². The van der Waals surface area contributed by atoms with Crippen LogP contribution in [-0.2, 0) is 12.5 Å². The molecule has 0 atom stereocenters. The van der Waals surface area contributed by atoms with E-state index in [1.807, 2.05) is 17.7 Å². The van der Waals surface area contributed by atoms with Gasteiger partial charge in [0, 0.05) is 6.07 Å². The maximum atomic E-state index is 8.64. The molecule has 0 unspecified atom stereocenters. The molecular weight excluding hydrogens is 338 g/mol. The molecule has 28 heavy (non-hydrogen) atoms. The fourth-order valence-electron chi connectivity index (χ4n) is 4.71. The van der Waals surface area contributed by atoms with Crippen LogP contribution in [0.3, 0.4) is 0 Å². The smallest absolute Gasteiger partial charge is 0.200 e. The summed E-state index contributed by atoms with van der Waals surface area (Å²) in [6.07, 6.45) is 5.87. The quantitative estimate of drug-likeness (QED) is 0.430. The summed E-state index contributed by atoms with van der Waals surface area (Å²) in [5.41, 5.74) is 7.93. The van der Waals surface area contributed by atoms with Crippen molar-refractivity contribution in [3.63, 3.8) is 0 Å². The molecule has 1 heterocycles. The number of aryl methyl sites for hydroxylation is 1. The number of nitrogens with zero attached hydrogens (tertiary/aromatic N) is 1. The van der Waals surface area contributed by atoms with E-state index >= 15 is 0 Å². The Morgan fingerprint density at radius 3 is 2.39 bits per heavy atom. The Bertz CT molecular complexity index is 1080. The zero-order valence-electron chi connectivity index (χ0n) is 19.3. The number of aromatic nitrogens is 1. The Morgan fingerprint density at radius 2 is 1.71 bits per heavy atom. The maximum absolute atomic E-state index is 8.64. The molecule has 0 bridgehead atoms. The molecule has 0 spiro atoms. The third kappa shape index (κ3) is 3.36. The van der Waals surface area contributed by atoms with E-state index < -0.39 is 0 Å². The highest BCUT2D eigenvalue weighted by Gasteiger charge is 2.23. The van der Waals surface area contributed by atoms with Crippen LogP contribution in [0.25, 0.3) is 22.0 Å². The van der Waals surface area contributed by atoms with Crippen molar-refractivity contribution in [3.8, 4) is 11.3 Å². The third-order valence-electron chi connectivity index (χ3n) is 6.69. The van der Waals surface area contributed by atoms with Gasteiger partial charge in [-0.3, -0.25) is 0 Å². The van der Waals surface area contributed by atoms with Crippen LogP contribution in [-0.4, -0.2) is 0 Å². The van der Waals surface area contributed by atoms with Crippen LogP contribution in [0.4, 0.5) is 0 Å². The highest BCUT2D eigenvalue weighted by molar-refractivity contribution is 5.94. The van der Waals surface area contributed by atoms with Gasteiger partial charge in [0.05, 0.1) is 10.9 Å². The van der Waals surface area contributed by atoms with Gasteiger partial charge < -0.3 is 0 Å². The van der Waals surface area contributed by atoms with E-state index in [2.05, 4.69) is 65.0 Å². The van der Waals surface area contributed by atoms with Crippen LogP contribution in [0.5, 0.6) is 0 Å². The summed E-state index contributed by atoms with van der Waals surface area (Å²) in [7, 11) is 2.03. The number of fused-ring (bicyclic) bond motifs is 1. The first-order valence-corrected chi connectivity index (χ1v) is 10.7. The van der Waals surface area contributed by atoms with Crippen LogP contribution >= 0.6 is 0 Å². The van der Waals surface area contributed by atoms with E-state index in [1.165, 1.54) is 64.3 Å². The average Bonchev–Trinajstić information content (AvgIpc) is 3.19. The van der Waals surface area contributed by atoms with E-state index in [9.17, 15) is 0 Å². The molecule has 1 nitrogen and oxygen atoms in total. The summed E-state index contributed by atoms with van der Waals surface area (Å²) < 4.78 is 10.7. The normalized spacial score (nSPS) is 16.0. The van der Waals surface area contributed by atoms with Gasteiger partial charge >= 0.3 is 0 Å². The van der Waals surface area contributed by atoms with Crippen molar-refractivity contribution in [3.05, 3.63) is 64.8 Å². The van der Waals surface area contributed by atoms with Crippen LogP contribution in [0.2, 0.25) is 0 Å². The molecule has 1 fully saturated rings. The van der Waals surface area contributed by atoms with Gasteiger partial charge in [-0.05, 0) is 77.8 Å². The lowest BCUT2D eigenvalue weighted by molar-refractivity contribution is -0.659. The minimum atomic E-state index is 0.0931. The molecule has 0 saturated heterocycles. The fraction of sp³-hybridized carbons (Fsp3) is 0.444. The average molecular weight is 374 g/mol. The molecule has 146 valence electrons. The molecule has 1 aliphatic carbocycles. The van der Waals surface area contributed by atoms with E-state index in [4.69, 9.17) is 1.37 Å². The van der Waals surface area contributed by atoms with Gasteiger partial charge in [-0.25, -0.2) is 4.57 Å². The summed E-state index contributed by atoms with van der Waals surface area (Å²) in [5.74, 6) is 0.694. The largest absolute Gasteiger partial charge is 0.220 e. The second kappa shape index (κ2) is 7.03. The highest BCUT2D eigenvalue weighted by Crippen LogP contribution is 2.38. The van der Waals surface area contributed by atoms with Gasteiger partial charge in [-0.15, -0.1) is 0 Å². The zero-order chi connectivity index (χ0) is 20.9. The molecule has 0 N–H and O–H groups in total. The first kappa shape index (κ1) is 17.9. The minimum Gasteiger partial charge on any atom is -0.200 e. The maximum Gasteiger partial charge on any atom is 0.220 e. The van der Waals surface area contributed by atoms with E-state index in [0.717, 1.165) is 5.69 Å². The molecular formula is C27H34N+. The fourth-order valence-corrected chi connectivity index (χ4v) is 4.71. The van der Waals surface area contributed by atoms with Crippen molar-refractivity contribution in [1.82, 2.24) is 0 Å². The van der Waals surface area contributed by atoms with Crippen molar-refractivity contribution < 1.29 is 5.94 Å². The minimum absolute atomic E-state index is 0.0931. The van der Waals surface area contributed by atoms with Gasteiger partial charge in [0.1, 0.15) is 8.42 Å². The molecule has 3 aromatic rings. The van der Waals surface area contributed by atoms with Crippen molar-refractivity contribution in [2.75, 3.05) is 0 Å². The first-order chi connectivity index (χ1) is 13.7. The number of hydrogen-bond donors (Lipinski definition) is 0. The Morgan fingerprint density at radius 1 is 1.00 bits per heavy atom. The SMILES string of the molecule is [2H]c1cc2cc(C3CCCC3)ccc2c(-c2cc(C(C)(C)C)cc(C)c2C)[n+]1C. The monoisotopic (exact) mass is 373 g/mol. The molecule has 0 aliphatic heterocycles. The van der Waals surface area contributed by atoms with Gasteiger partial charge in [0.2, 0.25) is 5.69 Å².